The molecule has 0 saturated carbocycles. The van der Waals surface area contributed by atoms with E-state index in [0.717, 1.165) is 43.5 Å². The summed E-state index contributed by atoms with van der Waals surface area (Å²) >= 11 is 0. The van der Waals surface area contributed by atoms with Gasteiger partial charge in [-0.05, 0) is 41.8 Å². The van der Waals surface area contributed by atoms with Crippen molar-refractivity contribution >= 4 is 17.4 Å². The largest absolute Gasteiger partial charge is 0.478 e. The summed E-state index contributed by atoms with van der Waals surface area (Å²) in [6.07, 6.45) is 1.97. The Morgan fingerprint density at radius 3 is 2.43 bits per heavy atom. The number of aromatic nitrogens is 1. The van der Waals surface area contributed by atoms with Crippen molar-refractivity contribution < 1.29 is 27.8 Å². The summed E-state index contributed by atoms with van der Waals surface area (Å²) in [5.41, 5.74) is 1.01. The zero-order valence-electron chi connectivity index (χ0n) is 16.1. The van der Waals surface area contributed by atoms with Crippen molar-refractivity contribution in [3.05, 3.63) is 77.5 Å². The Kier molecular flexibility index (Phi) is 6.89. The fourth-order valence-electron chi connectivity index (χ4n) is 3.13. The summed E-state index contributed by atoms with van der Waals surface area (Å²) in [6.45, 7) is 2.90. The molecule has 1 saturated heterocycles. The van der Waals surface area contributed by atoms with Crippen LogP contribution in [0.25, 0.3) is 5.57 Å². The molecule has 0 amide bonds. The van der Waals surface area contributed by atoms with Crippen LogP contribution in [0.1, 0.15) is 23.1 Å². The smallest absolute Gasteiger partial charge is 0.416 e. The first-order valence-corrected chi connectivity index (χ1v) is 9.42. The van der Waals surface area contributed by atoms with Gasteiger partial charge in [-0.2, -0.15) is 13.2 Å². The summed E-state index contributed by atoms with van der Waals surface area (Å²) in [4.78, 5) is 17.4. The number of pyridine rings is 1. The first-order valence-electron chi connectivity index (χ1n) is 9.42. The highest BCUT2D eigenvalue weighted by Gasteiger charge is 2.30. The second-order valence-electron chi connectivity index (χ2n) is 6.71. The number of benzene rings is 1. The first-order chi connectivity index (χ1) is 14.3. The fourth-order valence-corrected chi connectivity index (χ4v) is 3.13. The molecule has 158 valence electrons. The van der Waals surface area contributed by atoms with Crippen LogP contribution in [0, 0.1) is 0 Å². The minimum atomic E-state index is -4.42. The SMILES string of the molecule is O=C(O)C=CC=C(c1ccc(C(F)(F)F)cc1)c1ccc(N2CCCOCC2)nc1. The maximum atomic E-state index is 12.9. The van der Waals surface area contributed by atoms with Crippen LogP contribution in [0.15, 0.2) is 60.8 Å². The normalized spacial score (nSPS) is 16.0. The second kappa shape index (κ2) is 9.58. The van der Waals surface area contributed by atoms with E-state index < -0.39 is 17.7 Å². The van der Waals surface area contributed by atoms with Crippen LogP contribution in [0.3, 0.4) is 0 Å². The molecular formula is C22H21F3N2O3. The standard InChI is InChI=1S/C22H21F3N2O3/c23-22(24,25)18-8-5-16(6-9-18)19(3-1-4-21(28)29)17-7-10-20(26-15-17)27-11-2-13-30-14-12-27/h1,3-10,15H,2,11-14H2,(H,28,29). The monoisotopic (exact) mass is 418 g/mol. The number of aliphatic carboxylic acids is 1. The highest BCUT2D eigenvalue weighted by Crippen LogP contribution is 2.31. The van der Waals surface area contributed by atoms with Gasteiger partial charge in [0.1, 0.15) is 5.82 Å². The molecule has 0 aliphatic carbocycles. The molecule has 1 aromatic heterocycles. The topological polar surface area (TPSA) is 62.7 Å². The zero-order chi connectivity index (χ0) is 21.6. The Morgan fingerprint density at radius 2 is 1.80 bits per heavy atom. The number of rotatable bonds is 5. The molecule has 2 heterocycles. The average molecular weight is 418 g/mol. The summed E-state index contributed by atoms with van der Waals surface area (Å²) in [6, 6.07) is 8.41. The van der Waals surface area contributed by atoms with Gasteiger partial charge in [0.05, 0.1) is 12.2 Å². The molecule has 0 unspecified atom stereocenters. The Hall–Kier alpha value is -3.13. The number of carbonyl (C=O) groups is 1. The van der Waals surface area contributed by atoms with E-state index >= 15 is 0 Å². The third kappa shape index (κ3) is 5.70. The maximum absolute atomic E-state index is 12.9. The lowest BCUT2D eigenvalue weighted by molar-refractivity contribution is -0.137. The molecule has 5 nitrogen and oxygen atoms in total. The van der Waals surface area contributed by atoms with Gasteiger partial charge in [-0.3, -0.25) is 0 Å². The van der Waals surface area contributed by atoms with E-state index in [-0.39, 0.29) is 0 Å². The summed E-state index contributed by atoms with van der Waals surface area (Å²) in [5.74, 6) is -0.327. The molecule has 0 spiro atoms. The van der Waals surface area contributed by atoms with Crippen molar-refractivity contribution in [1.82, 2.24) is 4.98 Å². The Balaban J connectivity index is 1.91. The van der Waals surface area contributed by atoms with Gasteiger partial charge in [-0.25, -0.2) is 9.78 Å². The van der Waals surface area contributed by atoms with Crippen LogP contribution in [-0.2, 0) is 15.7 Å². The van der Waals surface area contributed by atoms with Crippen LogP contribution < -0.4 is 4.90 Å². The van der Waals surface area contributed by atoms with Gasteiger partial charge < -0.3 is 14.7 Å². The third-order valence-corrected chi connectivity index (χ3v) is 4.63. The molecule has 1 N–H and O–H groups in total. The zero-order valence-corrected chi connectivity index (χ0v) is 16.1. The first kappa shape index (κ1) is 21.6. The number of carboxylic acid groups (broad SMARTS) is 1. The summed E-state index contributed by atoms with van der Waals surface area (Å²) in [5, 5.41) is 8.83. The number of hydrogen-bond donors (Lipinski definition) is 1. The highest BCUT2D eigenvalue weighted by atomic mass is 19.4. The van der Waals surface area contributed by atoms with Crippen molar-refractivity contribution in [3.8, 4) is 0 Å². The predicted octanol–water partition coefficient (Wildman–Crippen LogP) is 4.40. The number of nitrogens with zero attached hydrogens (tertiary/aromatic N) is 2. The Labute approximate surface area is 172 Å². The molecular weight excluding hydrogens is 397 g/mol. The van der Waals surface area contributed by atoms with E-state index in [1.807, 2.05) is 12.1 Å². The van der Waals surface area contributed by atoms with Crippen molar-refractivity contribution in [2.45, 2.75) is 12.6 Å². The van der Waals surface area contributed by atoms with Crippen molar-refractivity contribution in [3.63, 3.8) is 0 Å². The van der Waals surface area contributed by atoms with Crippen LogP contribution in [0.5, 0.6) is 0 Å². The van der Waals surface area contributed by atoms with Crippen molar-refractivity contribution in [2.75, 3.05) is 31.2 Å². The van der Waals surface area contributed by atoms with Gasteiger partial charge in [0.2, 0.25) is 0 Å². The average Bonchev–Trinajstić information content (AvgIpc) is 3.00. The molecule has 30 heavy (non-hydrogen) atoms. The maximum Gasteiger partial charge on any atom is 0.416 e. The molecule has 2 aromatic rings. The number of anilines is 1. The van der Waals surface area contributed by atoms with Gasteiger partial charge in [0, 0.05) is 37.5 Å². The number of allylic oxidation sites excluding steroid dienone is 2. The Bertz CT molecular complexity index is 912. The lowest BCUT2D eigenvalue weighted by atomic mass is 9.97. The molecule has 1 aliphatic rings. The highest BCUT2D eigenvalue weighted by molar-refractivity contribution is 5.84. The van der Waals surface area contributed by atoms with Crippen LogP contribution >= 0.6 is 0 Å². The number of halogens is 3. The van der Waals surface area contributed by atoms with Crippen LogP contribution in [0.2, 0.25) is 0 Å². The van der Waals surface area contributed by atoms with E-state index in [4.69, 9.17) is 9.84 Å². The van der Waals surface area contributed by atoms with Gasteiger partial charge in [-0.1, -0.05) is 24.3 Å². The van der Waals surface area contributed by atoms with Gasteiger partial charge in [0.15, 0.2) is 0 Å². The molecule has 3 rings (SSSR count). The van der Waals surface area contributed by atoms with E-state index in [9.17, 15) is 18.0 Å². The predicted molar refractivity (Wildman–Crippen MR) is 107 cm³/mol. The molecule has 0 radical (unpaired) electrons. The van der Waals surface area contributed by atoms with E-state index in [1.165, 1.54) is 18.2 Å². The summed E-state index contributed by atoms with van der Waals surface area (Å²) < 4.78 is 44.1. The molecule has 0 atom stereocenters. The quantitative estimate of drug-likeness (QED) is 0.576. The molecule has 8 heteroatoms. The Morgan fingerprint density at radius 1 is 1.07 bits per heavy atom. The minimum absolute atomic E-state index is 0.524. The summed E-state index contributed by atoms with van der Waals surface area (Å²) in [7, 11) is 0. The van der Waals surface area contributed by atoms with Crippen LogP contribution in [-0.4, -0.2) is 42.4 Å². The molecule has 1 aromatic carbocycles. The fraction of sp³-hybridized carbons (Fsp3) is 0.273. The van der Waals surface area contributed by atoms with E-state index in [1.54, 1.807) is 12.3 Å². The lowest BCUT2D eigenvalue weighted by Gasteiger charge is -2.21. The molecule has 0 bridgehead atoms. The molecule has 1 aliphatic heterocycles. The van der Waals surface area contributed by atoms with E-state index in [2.05, 4.69) is 9.88 Å². The van der Waals surface area contributed by atoms with Gasteiger partial charge >= 0.3 is 12.1 Å². The minimum Gasteiger partial charge on any atom is -0.478 e. The third-order valence-electron chi connectivity index (χ3n) is 4.63. The van der Waals surface area contributed by atoms with Gasteiger partial charge in [-0.15, -0.1) is 0 Å². The van der Waals surface area contributed by atoms with Crippen molar-refractivity contribution in [1.29, 1.82) is 0 Å². The van der Waals surface area contributed by atoms with Crippen molar-refractivity contribution in [2.24, 2.45) is 0 Å². The number of hydrogen-bond acceptors (Lipinski definition) is 4. The lowest BCUT2D eigenvalue weighted by Crippen LogP contribution is -2.26. The molecule has 1 fully saturated rings. The number of ether oxygens (including phenoxy) is 1. The number of carboxylic acids is 1. The van der Waals surface area contributed by atoms with E-state index in [0.29, 0.717) is 29.9 Å². The van der Waals surface area contributed by atoms with Crippen LogP contribution in [0.4, 0.5) is 19.0 Å². The van der Waals surface area contributed by atoms with Gasteiger partial charge in [0.25, 0.3) is 0 Å². The second-order valence-corrected chi connectivity index (χ2v) is 6.71. The number of alkyl halides is 3.